The molecule has 4 rings (SSSR count). The molecule has 0 atom stereocenters. The van der Waals surface area contributed by atoms with Gasteiger partial charge < -0.3 is 4.74 Å². The second-order valence-corrected chi connectivity index (χ2v) is 8.61. The van der Waals surface area contributed by atoms with Gasteiger partial charge in [-0.3, -0.25) is 4.79 Å². The average molecular weight is 440 g/mol. The fraction of sp³-hybridized carbons (Fsp3) is 0.182. The highest BCUT2D eigenvalue weighted by Gasteiger charge is 2.17. The third-order valence-electron chi connectivity index (χ3n) is 4.34. The summed E-state index contributed by atoms with van der Waals surface area (Å²) in [5, 5.41) is 10.2. The molecule has 5 nitrogen and oxygen atoms in total. The lowest BCUT2D eigenvalue weighted by Crippen LogP contribution is -2.03. The van der Waals surface area contributed by atoms with Gasteiger partial charge in [0.15, 0.2) is 5.78 Å². The fourth-order valence-electron chi connectivity index (χ4n) is 2.94. The number of fused-ring (bicyclic) bond motifs is 1. The Labute approximate surface area is 181 Å². The number of thioether (sulfide) groups is 1. The van der Waals surface area contributed by atoms with Crippen molar-refractivity contribution < 1.29 is 13.9 Å². The molecular weight excluding hydrogens is 421 g/mol. The lowest BCUT2D eigenvalue weighted by molar-refractivity contribution is 0.102. The van der Waals surface area contributed by atoms with Crippen LogP contribution in [0.5, 0.6) is 5.75 Å². The monoisotopic (exact) mass is 439 g/mol. The molecule has 0 unspecified atom stereocenters. The van der Waals surface area contributed by atoms with E-state index in [4.69, 9.17) is 4.74 Å². The van der Waals surface area contributed by atoms with E-state index >= 15 is 0 Å². The summed E-state index contributed by atoms with van der Waals surface area (Å²) < 4.78 is 19.6. The highest BCUT2D eigenvalue weighted by molar-refractivity contribution is 8.00. The maximum atomic E-state index is 13.3. The number of thiazole rings is 1. The molecule has 152 valence electrons. The highest BCUT2D eigenvalue weighted by atomic mass is 32.2. The van der Waals surface area contributed by atoms with Gasteiger partial charge in [-0.15, -0.1) is 21.5 Å². The van der Waals surface area contributed by atoms with Crippen LogP contribution in [0.4, 0.5) is 4.39 Å². The molecule has 0 radical (unpaired) electrons. The smallest absolute Gasteiger partial charge is 0.173 e. The molecule has 8 heteroatoms. The van der Waals surface area contributed by atoms with Crippen LogP contribution in [0.15, 0.2) is 53.6 Å². The highest BCUT2D eigenvalue weighted by Crippen LogP contribution is 2.35. The summed E-state index contributed by atoms with van der Waals surface area (Å²) >= 11 is 2.83. The van der Waals surface area contributed by atoms with Crippen molar-refractivity contribution in [1.82, 2.24) is 15.2 Å². The van der Waals surface area contributed by atoms with Gasteiger partial charge in [-0.1, -0.05) is 11.8 Å². The van der Waals surface area contributed by atoms with Gasteiger partial charge in [0.25, 0.3) is 0 Å². The lowest BCUT2D eigenvalue weighted by Gasteiger charge is -2.06. The van der Waals surface area contributed by atoms with E-state index in [0.29, 0.717) is 22.9 Å². The number of hydrogen-bond acceptors (Lipinski definition) is 7. The van der Waals surface area contributed by atoms with Crippen LogP contribution in [0, 0.1) is 12.7 Å². The molecule has 4 aromatic rings. The first-order valence-corrected chi connectivity index (χ1v) is 11.1. The first kappa shape index (κ1) is 20.4. The lowest BCUT2D eigenvalue weighted by atomic mass is 10.1. The van der Waals surface area contributed by atoms with Gasteiger partial charge in [-0.05, 0) is 62.4 Å². The first-order chi connectivity index (χ1) is 14.5. The minimum atomic E-state index is -0.302. The van der Waals surface area contributed by atoms with E-state index < -0.39 is 0 Å². The molecule has 0 aliphatic rings. The number of aromatic nitrogens is 3. The van der Waals surface area contributed by atoms with Crippen LogP contribution in [-0.4, -0.2) is 33.3 Å². The number of aryl methyl sites for hydroxylation is 1. The molecule has 0 amide bonds. The Morgan fingerprint density at radius 1 is 1.10 bits per heavy atom. The third-order valence-corrected chi connectivity index (χ3v) is 6.27. The molecule has 0 fully saturated rings. The molecule has 0 aliphatic carbocycles. The SMILES string of the molecule is CCOc1ccc(C(=O)CSc2nnc(-c3ccc(F)cc3)c3sc(C)nc23)cc1. The Morgan fingerprint density at radius 2 is 1.83 bits per heavy atom. The molecule has 30 heavy (non-hydrogen) atoms. The number of ether oxygens (including phenoxy) is 1. The number of nitrogens with zero attached hydrogens (tertiary/aromatic N) is 3. The zero-order valence-corrected chi connectivity index (χ0v) is 18.0. The standard InChI is InChI=1S/C22H18FN3O2S2/c1-3-28-17-10-6-14(7-11-17)18(27)12-29-22-20-21(30-13(2)24-20)19(25-26-22)15-4-8-16(23)9-5-15/h4-11H,3,12H2,1-2H3. The number of hydrogen-bond donors (Lipinski definition) is 0. The zero-order chi connectivity index (χ0) is 21.1. The Balaban J connectivity index is 1.57. The van der Waals surface area contributed by atoms with Crippen molar-refractivity contribution in [3.8, 4) is 17.0 Å². The maximum Gasteiger partial charge on any atom is 0.173 e. The van der Waals surface area contributed by atoms with Crippen LogP contribution in [0.3, 0.4) is 0 Å². The van der Waals surface area contributed by atoms with Crippen LogP contribution < -0.4 is 4.74 Å². The third kappa shape index (κ3) is 4.34. The molecule has 2 heterocycles. The molecule has 0 saturated heterocycles. The van der Waals surface area contributed by atoms with Crippen molar-refractivity contribution in [1.29, 1.82) is 0 Å². The summed E-state index contributed by atoms with van der Waals surface area (Å²) in [7, 11) is 0. The van der Waals surface area contributed by atoms with Gasteiger partial charge >= 0.3 is 0 Å². The van der Waals surface area contributed by atoms with E-state index in [-0.39, 0.29) is 17.4 Å². The van der Waals surface area contributed by atoms with Crippen LogP contribution >= 0.6 is 23.1 Å². The second-order valence-electron chi connectivity index (χ2n) is 6.44. The van der Waals surface area contributed by atoms with E-state index in [1.54, 1.807) is 36.4 Å². The molecule has 2 aromatic heterocycles. The van der Waals surface area contributed by atoms with Crippen molar-refractivity contribution in [3.05, 3.63) is 64.9 Å². The molecule has 0 spiro atoms. The molecule has 0 N–H and O–H groups in total. The summed E-state index contributed by atoms with van der Waals surface area (Å²) in [5.41, 5.74) is 2.78. The number of carbonyl (C=O) groups is 1. The molecule has 0 saturated carbocycles. The number of ketones is 1. The number of benzene rings is 2. The van der Waals surface area contributed by atoms with Gasteiger partial charge in [-0.2, -0.15) is 0 Å². The predicted octanol–water partition coefficient (Wildman–Crippen LogP) is 5.57. The molecule has 2 aromatic carbocycles. The Morgan fingerprint density at radius 3 is 2.53 bits per heavy atom. The van der Waals surface area contributed by atoms with Crippen LogP contribution in [-0.2, 0) is 0 Å². The predicted molar refractivity (Wildman–Crippen MR) is 118 cm³/mol. The van der Waals surface area contributed by atoms with Crippen molar-refractivity contribution in [3.63, 3.8) is 0 Å². The Hall–Kier alpha value is -2.84. The number of halogens is 1. The van der Waals surface area contributed by atoms with Gasteiger partial charge in [-0.25, -0.2) is 9.37 Å². The minimum absolute atomic E-state index is 0.00689. The van der Waals surface area contributed by atoms with Crippen molar-refractivity contribution in [2.24, 2.45) is 0 Å². The van der Waals surface area contributed by atoms with E-state index in [9.17, 15) is 9.18 Å². The van der Waals surface area contributed by atoms with Gasteiger partial charge in [0.2, 0.25) is 0 Å². The topological polar surface area (TPSA) is 65.0 Å². The van der Waals surface area contributed by atoms with Gasteiger partial charge in [0, 0.05) is 11.1 Å². The Kier molecular flexibility index (Phi) is 6.06. The number of rotatable bonds is 7. The summed E-state index contributed by atoms with van der Waals surface area (Å²) in [6.45, 7) is 4.41. The maximum absolute atomic E-state index is 13.3. The second kappa shape index (κ2) is 8.89. The van der Waals surface area contributed by atoms with E-state index in [2.05, 4.69) is 15.2 Å². The summed E-state index contributed by atoms with van der Waals surface area (Å²) in [4.78, 5) is 17.2. The molecule has 0 aliphatic heterocycles. The van der Waals surface area contributed by atoms with E-state index in [1.165, 1.54) is 35.2 Å². The van der Waals surface area contributed by atoms with Crippen LogP contribution in [0.25, 0.3) is 21.5 Å². The van der Waals surface area contributed by atoms with Crippen LogP contribution in [0.2, 0.25) is 0 Å². The summed E-state index contributed by atoms with van der Waals surface area (Å²) in [6.07, 6.45) is 0. The van der Waals surface area contributed by atoms with Crippen molar-refractivity contribution in [2.45, 2.75) is 18.9 Å². The molecular formula is C22H18FN3O2S2. The normalized spacial score (nSPS) is 11.0. The zero-order valence-electron chi connectivity index (χ0n) is 16.4. The van der Waals surface area contributed by atoms with Crippen molar-refractivity contribution >= 4 is 39.1 Å². The average Bonchev–Trinajstić information content (AvgIpc) is 3.15. The quantitative estimate of drug-likeness (QED) is 0.277. The summed E-state index contributed by atoms with van der Waals surface area (Å²) in [6, 6.07) is 13.3. The largest absolute Gasteiger partial charge is 0.494 e. The van der Waals surface area contributed by atoms with Crippen LogP contribution in [0.1, 0.15) is 22.3 Å². The van der Waals surface area contributed by atoms with E-state index in [1.807, 2.05) is 13.8 Å². The summed E-state index contributed by atoms with van der Waals surface area (Å²) in [5.74, 6) is 0.657. The number of carbonyl (C=O) groups excluding carboxylic acids is 1. The van der Waals surface area contributed by atoms with Gasteiger partial charge in [0.05, 0.1) is 22.1 Å². The minimum Gasteiger partial charge on any atom is -0.494 e. The van der Waals surface area contributed by atoms with Crippen molar-refractivity contribution in [2.75, 3.05) is 12.4 Å². The van der Waals surface area contributed by atoms with E-state index in [0.717, 1.165) is 26.5 Å². The van der Waals surface area contributed by atoms with Gasteiger partial charge in [0.1, 0.15) is 27.8 Å². The first-order valence-electron chi connectivity index (χ1n) is 9.33. The molecule has 0 bridgehead atoms. The fourth-order valence-corrected chi connectivity index (χ4v) is 4.74. The number of Topliss-reactive ketones (excluding diaryl/α,β-unsaturated/α-hetero) is 1. The Bertz CT molecular complexity index is 1190.